The number of alkyl carbamates (subject to hydrolysis) is 1. The zero-order valence-electron chi connectivity index (χ0n) is 48.4. The first-order chi connectivity index (χ1) is 37.3. The minimum atomic E-state index is -0.282. The summed E-state index contributed by atoms with van der Waals surface area (Å²) >= 11 is 0. The van der Waals surface area contributed by atoms with Crippen LogP contribution in [-0.4, -0.2) is 77.7 Å². The number of azide groups is 1. The zero-order chi connectivity index (χ0) is 54.5. The molecular formula is C62H102N10O4. The first-order valence-corrected chi connectivity index (χ1v) is 29.9. The molecule has 0 aliphatic heterocycles. The number of unbranched alkanes of at least 4 members (excludes halogenated alkanes) is 20. The third-order valence-electron chi connectivity index (χ3n) is 13.8. The number of carbonyl (C=O) groups excluding carboxylic acids is 1. The van der Waals surface area contributed by atoms with Crippen molar-refractivity contribution in [2.45, 2.75) is 233 Å². The molecule has 0 saturated carbocycles. The Morgan fingerprint density at radius 3 is 1.74 bits per heavy atom. The summed E-state index contributed by atoms with van der Waals surface area (Å²) in [6.07, 6.45) is 55.3. The van der Waals surface area contributed by atoms with Gasteiger partial charge in [-0.05, 0) is 151 Å². The van der Waals surface area contributed by atoms with E-state index in [1.54, 1.807) is 18.9 Å². The van der Waals surface area contributed by atoms with Gasteiger partial charge in [0, 0.05) is 24.5 Å². The van der Waals surface area contributed by atoms with Crippen LogP contribution in [0.3, 0.4) is 0 Å². The van der Waals surface area contributed by atoms with Crippen LogP contribution in [-0.2, 0) is 17.8 Å². The number of rotatable bonds is 47. The molecule has 0 atom stereocenters. The molecule has 0 unspecified atom stereocenters. The predicted molar refractivity (Wildman–Crippen MR) is 318 cm³/mol. The maximum Gasteiger partial charge on any atom is 0.407 e. The van der Waals surface area contributed by atoms with Crippen LogP contribution in [0.25, 0.3) is 21.5 Å². The standard InChI is InChI=1S/C62H102N10O4/c1-7-10-13-15-17-19-21-23-25-27-29-31-33-35-37-39-43-54(44-40-38-36-34-32-30-28-26-24-22-20-18-16-14-11-8-2)76-62(73)65-46-41-42-47-71(4)50-53-48-57(74-5)55(58(49-53)75-6)51-72-52-56-59(69-72)60(64-45-12-9-3)67-61(66-56)68-70-63/h17-20,23-26,48-49,52,54H,7-16,21-22,27-47,50-51H2,1-6H3,(H,65,73)(H,64,66,67)/b19-17-,20-18-,25-23-,26-24-. The molecule has 14 heteroatoms. The van der Waals surface area contributed by atoms with Gasteiger partial charge in [0.05, 0.1) is 32.5 Å². The van der Waals surface area contributed by atoms with Crippen molar-refractivity contribution >= 4 is 28.9 Å². The average Bonchev–Trinajstić information content (AvgIpc) is 3.84. The van der Waals surface area contributed by atoms with E-state index in [4.69, 9.17) is 24.8 Å². The van der Waals surface area contributed by atoms with Gasteiger partial charge in [-0.15, -0.1) is 0 Å². The van der Waals surface area contributed by atoms with E-state index < -0.39 is 0 Å². The molecular weight excluding hydrogens is 949 g/mol. The molecule has 0 spiro atoms. The van der Waals surface area contributed by atoms with Crippen molar-refractivity contribution in [3.05, 3.63) is 88.5 Å². The number of nitrogens with zero attached hydrogens (tertiary/aromatic N) is 8. The van der Waals surface area contributed by atoms with Gasteiger partial charge in [0.1, 0.15) is 23.1 Å². The lowest BCUT2D eigenvalue weighted by molar-refractivity contribution is 0.0840. The van der Waals surface area contributed by atoms with E-state index in [0.717, 1.165) is 81.9 Å². The Hall–Kier alpha value is -5.33. The van der Waals surface area contributed by atoms with Crippen molar-refractivity contribution in [3.63, 3.8) is 0 Å². The SMILES string of the molecule is CCCCC/C=C\C/C=C\CCCCCCCCC(CCCCCCCC/C=C\C/C=C\CCCCC)OC(=O)NCCCCN(C)Cc1cc(OC)c(Cn2cc3nc(N=[N+]=[N-])nc(NCCCC)c3n2)c(OC)c1. The van der Waals surface area contributed by atoms with E-state index in [0.29, 0.717) is 54.5 Å². The van der Waals surface area contributed by atoms with E-state index >= 15 is 0 Å². The monoisotopic (exact) mass is 1050 g/mol. The summed E-state index contributed by atoms with van der Waals surface area (Å²) in [5, 5.41) is 14.8. The number of hydrogen-bond acceptors (Lipinski definition) is 10. The normalized spacial score (nSPS) is 11.9. The number of aromatic nitrogens is 4. The van der Waals surface area contributed by atoms with Crippen molar-refractivity contribution in [3.8, 4) is 11.5 Å². The summed E-state index contributed by atoms with van der Waals surface area (Å²) in [5.41, 5.74) is 12.1. The summed E-state index contributed by atoms with van der Waals surface area (Å²) in [6.45, 7) is 9.86. The highest BCUT2D eigenvalue weighted by atomic mass is 16.6. The molecule has 3 rings (SSSR count). The Morgan fingerprint density at radius 1 is 0.684 bits per heavy atom. The lowest BCUT2D eigenvalue weighted by Gasteiger charge is -2.20. The highest BCUT2D eigenvalue weighted by Gasteiger charge is 2.18. The summed E-state index contributed by atoms with van der Waals surface area (Å²) in [6, 6.07) is 4.10. The Bertz CT molecular complexity index is 2070. The number of anilines is 1. The van der Waals surface area contributed by atoms with Crippen LogP contribution in [0.15, 0.2) is 72.1 Å². The number of nitrogens with one attached hydrogen (secondary N) is 2. The van der Waals surface area contributed by atoms with Gasteiger partial charge in [0.15, 0.2) is 11.3 Å². The van der Waals surface area contributed by atoms with Gasteiger partial charge >= 0.3 is 6.09 Å². The maximum absolute atomic E-state index is 13.1. The van der Waals surface area contributed by atoms with E-state index in [-0.39, 0.29) is 18.1 Å². The molecule has 14 nitrogen and oxygen atoms in total. The zero-order valence-corrected chi connectivity index (χ0v) is 48.4. The largest absolute Gasteiger partial charge is 0.496 e. The molecule has 2 heterocycles. The third-order valence-corrected chi connectivity index (χ3v) is 13.8. The Balaban J connectivity index is 1.42. The fourth-order valence-electron chi connectivity index (χ4n) is 9.33. The van der Waals surface area contributed by atoms with Crippen LogP contribution in [0.5, 0.6) is 11.5 Å². The second-order valence-corrected chi connectivity index (χ2v) is 20.5. The van der Waals surface area contributed by atoms with Gasteiger partial charge in [-0.2, -0.15) is 5.10 Å². The first-order valence-electron chi connectivity index (χ1n) is 29.9. The highest BCUT2D eigenvalue weighted by Crippen LogP contribution is 2.33. The molecule has 1 amide bonds. The molecule has 0 aliphatic rings. The molecule has 0 aliphatic carbocycles. The van der Waals surface area contributed by atoms with Crippen LogP contribution in [0.2, 0.25) is 0 Å². The average molecular weight is 1050 g/mol. The van der Waals surface area contributed by atoms with Crippen molar-refractivity contribution in [1.82, 2.24) is 30.0 Å². The minimum absolute atomic E-state index is 0.0271. The van der Waals surface area contributed by atoms with Crippen LogP contribution in [0.4, 0.5) is 16.6 Å². The Morgan fingerprint density at radius 2 is 1.21 bits per heavy atom. The summed E-state index contributed by atoms with van der Waals surface area (Å²) in [5.74, 6) is 1.97. The number of allylic oxidation sites excluding steroid dienone is 8. The molecule has 2 N–H and O–H groups in total. The molecule has 76 heavy (non-hydrogen) atoms. The van der Waals surface area contributed by atoms with Crippen molar-refractivity contribution in [2.75, 3.05) is 46.2 Å². The number of amides is 1. The summed E-state index contributed by atoms with van der Waals surface area (Å²) in [7, 11) is 5.43. The Kier molecular flexibility index (Phi) is 37.4. The molecule has 424 valence electrons. The number of benzene rings is 1. The second-order valence-electron chi connectivity index (χ2n) is 20.5. The van der Waals surface area contributed by atoms with Crippen molar-refractivity contribution < 1.29 is 19.0 Å². The third kappa shape index (κ3) is 29.8. The lowest BCUT2D eigenvalue weighted by Crippen LogP contribution is -2.30. The van der Waals surface area contributed by atoms with Crippen LogP contribution >= 0.6 is 0 Å². The van der Waals surface area contributed by atoms with E-state index in [2.05, 4.69) is 124 Å². The van der Waals surface area contributed by atoms with Crippen LogP contribution in [0, 0.1) is 0 Å². The van der Waals surface area contributed by atoms with Crippen molar-refractivity contribution in [1.29, 1.82) is 0 Å². The van der Waals surface area contributed by atoms with Gasteiger partial charge < -0.3 is 29.7 Å². The molecule has 0 bridgehead atoms. The molecule has 0 fully saturated rings. The molecule has 3 aromatic rings. The fraction of sp³-hybridized carbons (Fsp3) is 0.677. The Labute approximate surface area is 460 Å². The molecule has 1 aromatic carbocycles. The minimum Gasteiger partial charge on any atom is -0.496 e. The van der Waals surface area contributed by atoms with Crippen molar-refractivity contribution in [2.24, 2.45) is 5.11 Å². The summed E-state index contributed by atoms with van der Waals surface area (Å²) < 4.78 is 19.7. The van der Waals surface area contributed by atoms with Gasteiger partial charge in [0.2, 0.25) is 5.95 Å². The number of fused-ring (bicyclic) bond motifs is 1. The van der Waals surface area contributed by atoms with Gasteiger partial charge in [-0.3, -0.25) is 4.68 Å². The quantitative estimate of drug-likeness (QED) is 0.0184. The van der Waals surface area contributed by atoms with Gasteiger partial charge in [-0.25, -0.2) is 14.8 Å². The number of hydrogen-bond donors (Lipinski definition) is 2. The fourth-order valence-corrected chi connectivity index (χ4v) is 9.33. The van der Waals surface area contributed by atoms with Gasteiger partial charge in [-0.1, -0.05) is 153 Å². The molecule has 2 aromatic heterocycles. The number of methoxy groups -OCH3 is 2. The first kappa shape index (κ1) is 65.0. The van der Waals surface area contributed by atoms with E-state index in [1.807, 2.05) is 6.20 Å². The molecule has 0 radical (unpaired) electrons. The van der Waals surface area contributed by atoms with E-state index in [9.17, 15) is 4.79 Å². The topological polar surface area (TPSA) is 164 Å². The van der Waals surface area contributed by atoms with E-state index in [1.165, 1.54) is 128 Å². The van der Waals surface area contributed by atoms with Crippen LogP contribution in [0.1, 0.15) is 225 Å². The number of carbonyl (C=O) groups is 1. The smallest absolute Gasteiger partial charge is 0.407 e. The summed E-state index contributed by atoms with van der Waals surface area (Å²) in [4.78, 5) is 27.1. The second kappa shape index (κ2) is 43.7. The number of ether oxygens (including phenoxy) is 3. The lowest BCUT2D eigenvalue weighted by atomic mass is 10.0. The van der Waals surface area contributed by atoms with Gasteiger partial charge in [0.25, 0.3) is 0 Å². The van der Waals surface area contributed by atoms with Crippen LogP contribution < -0.4 is 20.1 Å². The molecule has 0 saturated heterocycles. The maximum atomic E-state index is 13.1. The predicted octanol–water partition coefficient (Wildman–Crippen LogP) is 17.8. The highest BCUT2D eigenvalue weighted by molar-refractivity contribution is 5.85.